The van der Waals surface area contributed by atoms with E-state index in [1.807, 2.05) is 45.0 Å². The van der Waals surface area contributed by atoms with Crippen LogP contribution < -0.4 is 10.6 Å². The molecule has 1 aliphatic heterocycles. The summed E-state index contributed by atoms with van der Waals surface area (Å²) in [5.41, 5.74) is 1.50. The molecule has 3 rings (SSSR count). The van der Waals surface area contributed by atoms with Crippen LogP contribution in [0.1, 0.15) is 60.9 Å². The van der Waals surface area contributed by atoms with Gasteiger partial charge in [0.1, 0.15) is 10.6 Å². The quantitative estimate of drug-likeness (QED) is 0.647. The predicted molar refractivity (Wildman–Crippen MR) is 126 cm³/mol. The first-order valence-corrected chi connectivity index (χ1v) is 12.0. The molecule has 0 aliphatic carbocycles. The Kier molecular flexibility index (Phi) is 8.20. The number of rotatable bonds is 7. The number of alkyl carbamates (subject to hydrolysis) is 1. The molecule has 2 heterocycles. The molecule has 9 heteroatoms. The Morgan fingerprint density at radius 2 is 1.84 bits per heavy atom. The van der Waals surface area contributed by atoms with E-state index in [1.165, 1.54) is 16.9 Å². The molecule has 1 aromatic heterocycles. The number of hydrogen-bond acceptors (Lipinski definition) is 7. The average Bonchev–Trinajstić information content (AvgIpc) is 3.21. The Morgan fingerprint density at radius 1 is 1.16 bits per heavy atom. The molecular formula is C23H33N5O3S. The van der Waals surface area contributed by atoms with Crippen molar-refractivity contribution in [3.63, 3.8) is 0 Å². The van der Waals surface area contributed by atoms with Crippen LogP contribution in [0.2, 0.25) is 0 Å². The molecule has 1 fully saturated rings. The van der Waals surface area contributed by atoms with Crippen LogP contribution in [0.4, 0.5) is 10.5 Å². The maximum Gasteiger partial charge on any atom is 0.407 e. The first kappa shape index (κ1) is 24.1. The Balaban J connectivity index is 1.41. The van der Waals surface area contributed by atoms with Crippen LogP contribution >= 0.6 is 11.3 Å². The van der Waals surface area contributed by atoms with Crippen LogP contribution in [0.15, 0.2) is 24.3 Å². The fraction of sp³-hybridized carbons (Fsp3) is 0.565. The highest BCUT2D eigenvalue weighted by atomic mass is 32.1. The molecule has 0 spiro atoms. The van der Waals surface area contributed by atoms with Crippen LogP contribution in [0.5, 0.6) is 0 Å². The van der Waals surface area contributed by atoms with E-state index >= 15 is 0 Å². The Labute approximate surface area is 193 Å². The standard InChI is InChI=1S/C23H33N5O3S/c1-5-16-6-8-18(9-7-16)25-20(29)21-27-26-19(32-21)15-28-12-10-17(11-13-28)14-24-22(30)31-23(2,3)4/h6-9,17H,5,10-15H2,1-4H3,(H,24,30)(H,25,29). The number of benzene rings is 1. The van der Waals surface area contributed by atoms with Gasteiger partial charge >= 0.3 is 6.09 Å². The topological polar surface area (TPSA) is 96.5 Å². The number of amides is 2. The molecule has 2 aromatic rings. The maximum atomic E-state index is 12.5. The van der Waals surface area contributed by atoms with Crippen LogP contribution in [0.25, 0.3) is 0 Å². The summed E-state index contributed by atoms with van der Waals surface area (Å²) in [7, 11) is 0. The molecule has 174 valence electrons. The number of ether oxygens (including phenoxy) is 1. The third kappa shape index (κ3) is 7.56. The van der Waals surface area contributed by atoms with Gasteiger partial charge in [-0.1, -0.05) is 30.4 Å². The molecule has 32 heavy (non-hydrogen) atoms. The Hall–Kier alpha value is -2.52. The Morgan fingerprint density at radius 3 is 2.47 bits per heavy atom. The van der Waals surface area contributed by atoms with Crippen molar-refractivity contribution in [2.45, 2.75) is 59.1 Å². The number of anilines is 1. The number of aryl methyl sites for hydroxylation is 1. The minimum atomic E-state index is -0.482. The number of nitrogens with one attached hydrogen (secondary N) is 2. The highest BCUT2D eigenvalue weighted by molar-refractivity contribution is 7.13. The van der Waals surface area contributed by atoms with E-state index in [-0.39, 0.29) is 12.0 Å². The summed E-state index contributed by atoms with van der Waals surface area (Å²) in [6, 6.07) is 7.82. The lowest BCUT2D eigenvalue weighted by Gasteiger charge is -2.31. The average molecular weight is 460 g/mol. The first-order valence-electron chi connectivity index (χ1n) is 11.1. The van der Waals surface area contributed by atoms with Gasteiger partial charge in [-0.25, -0.2) is 4.79 Å². The molecule has 0 bridgehead atoms. The van der Waals surface area contributed by atoms with Crippen molar-refractivity contribution in [2.24, 2.45) is 5.92 Å². The summed E-state index contributed by atoms with van der Waals surface area (Å²) in [6.07, 6.45) is 2.59. The molecule has 1 aliphatic rings. The van der Waals surface area contributed by atoms with Crippen molar-refractivity contribution in [2.75, 3.05) is 25.0 Å². The second-order valence-electron chi connectivity index (χ2n) is 9.11. The molecule has 2 N–H and O–H groups in total. The smallest absolute Gasteiger partial charge is 0.407 e. The lowest BCUT2D eigenvalue weighted by atomic mass is 9.97. The van der Waals surface area contributed by atoms with E-state index in [0.717, 1.165) is 43.0 Å². The van der Waals surface area contributed by atoms with Gasteiger partial charge in [-0.2, -0.15) is 0 Å². The molecule has 1 aromatic carbocycles. The molecular weight excluding hydrogens is 426 g/mol. The van der Waals surface area contributed by atoms with E-state index in [1.54, 1.807) is 0 Å². The van der Waals surface area contributed by atoms with Crippen molar-refractivity contribution in [3.8, 4) is 0 Å². The van der Waals surface area contributed by atoms with E-state index in [9.17, 15) is 9.59 Å². The maximum absolute atomic E-state index is 12.5. The van der Waals surface area contributed by atoms with Gasteiger partial charge in [0.2, 0.25) is 5.01 Å². The minimum absolute atomic E-state index is 0.232. The predicted octanol–water partition coefficient (Wildman–Crippen LogP) is 4.09. The van der Waals surface area contributed by atoms with Crippen molar-refractivity contribution < 1.29 is 14.3 Å². The van der Waals surface area contributed by atoms with E-state index in [2.05, 4.69) is 32.7 Å². The van der Waals surface area contributed by atoms with Crippen molar-refractivity contribution >= 4 is 29.0 Å². The molecule has 1 saturated heterocycles. The number of aromatic nitrogens is 2. The van der Waals surface area contributed by atoms with Gasteiger partial charge in [0, 0.05) is 12.2 Å². The van der Waals surface area contributed by atoms with Crippen LogP contribution in [0, 0.1) is 5.92 Å². The van der Waals surface area contributed by atoms with E-state index < -0.39 is 5.60 Å². The fourth-order valence-corrected chi connectivity index (χ4v) is 4.28. The zero-order valence-corrected chi connectivity index (χ0v) is 20.1. The molecule has 2 amide bonds. The number of nitrogens with zero attached hydrogens (tertiary/aromatic N) is 3. The van der Waals surface area contributed by atoms with Crippen LogP contribution in [0.3, 0.4) is 0 Å². The lowest BCUT2D eigenvalue weighted by Crippen LogP contribution is -2.40. The highest BCUT2D eigenvalue weighted by Crippen LogP contribution is 2.21. The summed E-state index contributed by atoms with van der Waals surface area (Å²) in [6.45, 7) is 10.8. The van der Waals surface area contributed by atoms with Crippen molar-refractivity contribution in [3.05, 3.63) is 39.8 Å². The van der Waals surface area contributed by atoms with Gasteiger partial charge in [0.25, 0.3) is 5.91 Å². The van der Waals surface area contributed by atoms with Gasteiger partial charge in [0.05, 0.1) is 6.54 Å². The summed E-state index contributed by atoms with van der Waals surface area (Å²) in [5, 5.41) is 15.2. The van der Waals surface area contributed by atoms with E-state index in [0.29, 0.717) is 24.0 Å². The van der Waals surface area contributed by atoms with Gasteiger partial charge < -0.3 is 15.4 Å². The second kappa shape index (κ2) is 10.9. The van der Waals surface area contributed by atoms with Gasteiger partial charge in [-0.05, 0) is 76.7 Å². The highest BCUT2D eigenvalue weighted by Gasteiger charge is 2.23. The third-order valence-corrected chi connectivity index (χ3v) is 6.19. The summed E-state index contributed by atoms with van der Waals surface area (Å²) in [4.78, 5) is 26.6. The number of carbonyl (C=O) groups is 2. The summed E-state index contributed by atoms with van der Waals surface area (Å²) >= 11 is 1.33. The number of hydrogen-bond donors (Lipinski definition) is 2. The SMILES string of the molecule is CCc1ccc(NC(=O)c2nnc(CN3CCC(CNC(=O)OC(C)(C)C)CC3)s2)cc1. The molecule has 8 nitrogen and oxygen atoms in total. The fourth-order valence-electron chi connectivity index (χ4n) is 3.50. The monoisotopic (exact) mass is 459 g/mol. The third-order valence-electron chi connectivity index (χ3n) is 5.28. The van der Waals surface area contributed by atoms with Gasteiger partial charge in [-0.15, -0.1) is 10.2 Å². The van der Waals surface area contributed by atoms with Gasteiger partial charge in [0.15, 0.2) is 0 Å². The molecule has 0 saturated carbocycles. The number of likely N-dealkylation sites (tertiary alicyclic amines) is 1. The lowest BCUT2D eigenvalue weighted by molar-refractivity contribution is 0.0509. The van der Waals surface area contributed by atoms with Crippen molar-refractivity contribution in [1.82, 2.24) is 20.4 Å². The molecule has 0 atom stereocenters. The molecule has 0 radical (unpaired) electrons. The Bertz CT molecular complexity index is 899. The number of piperidine rings is 1. The number of carbonyl (C=O) groups excluding carboxylic acids is 2. The van der Waals surface area contributed by atoms with Crippen LogP contribution in [-0.4, -0.2) is 52.3 Å². The van der Waals surface area contributed by atoms with Crippen molar-refractivity contribution in [1.29, 1.82) is 0 Å². The largest absolute Gasteiger partial charge is 0.444 e. The minimum Gasteiger partial charge on any atom is -0.444 e. The zero-order chi connectivity index (χ0) is 23.1. The van der Waals surface area contributed by atoms with E-state index in [4.69, 9.17) is 4.74 Å². The summed E-state index contributed by atoms with van der Waals surface area (Å²) < 4.78 is 5.29. The summed E-state index contributed by atoms with van der Waals surface area (Å²) in [5.74, 6) is 0.207. The van der Waals surface area contributed by atoms with Crippen LogP contribution in [-0.2, 0) is 17.7 Å². The van der Waals surface area contributed by atoms with Gasteiger partial charge in [-0.3, -0.25) is 9.69 Å². The second-order valence-corrected chi connectivity index (χ2v) is 10.2. The first-order chi connectivity index (χ1) is 15.2. The molecule has 0 unspecified atom stereocenters. The normalized spacial score (nSPS) is 15.4. The zero-order valence-electron chi connectivity index (χ0n) is 19.3.